The van der Waals surface area contributed by atoms with Gasteiger partial charge in [0.15, 0.2) is 0 Å². The number of amides is 2. The number of benzene rings is 2. The van der Waals surface area contributed by atoms with Gasteiger partial charge in [-0.2, -0.15) is 0 Å². The molecule has 0 bridgehead atoms. The molecule has 0 spiro atoms. The van der Waals surface area contributed by atoms with E-state index in [2.05, 4.69) is 82.8 Å². The van der Waals surface area contributed by atoms with Crippen molar-refractivity contribution in [2.45, 2.75) is 57.9 Å². The molecule has 1 N–H and O–H groups in total. The summed E-state index contributed by atoms with van der Waals surface area (Å²) >= 11 is 0. The van der Waals surface area contributed by atoms with E-state index < -0.39 is 6.04 Å². The van der Waals surface area contributed by atoms with Gasteiger partial charge in [-0.25, -0.2) is 0 Å². The van der Waals surface area contributed by atoms with Gasteiger partial charge in [-0.1, -0.05) is 37.3 Å². The lowest BCUT2D eigenvalue weighted by molar-refractivity contribution is -0.123. The number of fused-ring (bicyclic) bond motifs is 2. The molecule has 2 aromatic heterocycles. The molecule has 2 amide bonds. The topological polar surface area (TPSA) is 70.0 Å². The van der Waals surface area contributed by atoms with Gasteiger partial charge in [0.25, 0.3) is 0 Å². The van der Waals surface area contributed by atoms with Gasteiger partial charge in [0.2, 0.25) is 12.3 Å². The maximum Gasteiger partial charge on any atom is 0.242 e. The average Bonchev–Trinajstić information content (AvgIpc) is 3.42. The summed E-state index contributed by atoms with van der Waals surface area (Å²) in [4.78, 5) is 33.9. The SMILES string of the molecule is C=CCCC(C(=O)NC)N(C=O)c1ccc(C2CCN(c3cc4cnc(CC)cn4c3)CC2)c2cccc(C)c12. The van der Waals surface area contributed by atoms with Crippen molar-refractivity contribution in [3.8, 4) is 0 Å². The molecule has 0 aliphatic carbocycles. The fraction of sp³-hybridized carbons (Fsp3) is 0.364. The normalized spacial score (nSPS) is 14.8. The van der Waals surface area contributed by atoms with Crippen molar-refractivity contribution in [1.82, 2.24) is 14.7 Å². The smallest absolute Gasteiger partial charge is 0.242 e. The Hall–Kier alpha value is -4.13. The number of anilines is 2. The van der Waals surface area contributed by atoms with E-state index in [0.717, 1.165) is 72.0 Å². The third-order valence-corrected chi connectivity index (χ3v) is 8.36. The number of nitrogens with one attached hydrogen (secondary N) is 1. The molecule has 5 rings (SSSR count). The minimum Gasteiger partial charge on any atom is -0.370 e. The quantitative estimate of drug-likeness (QED) is 0.206. The predicted octanol–water partition coefficient (Wildman–Crippen LogP) is 5.79. The highest BCUT2D eigenvalue weighted by molar-refractivity contribution is 6.05. The van der Waals surface area contributed by atoms with Crippen molar-refractivity contribution >= 4 is 40.0 Å². The lowest BCUT2D eigenvalue weighted by atomic mass is 9.85. The van der Waals surface area contributed by atoms with Crippen LogP contribution in [0, 0.1) is 6.92 Å². The van der Waals surface area contributed by atoms with E-state index in [0.29, 0.717) is 18.8 Å². The second-order valence-electron chi connectivity index (χ2n) is 10.7. The molecular weight excluding hydrogens is 498 g/mol. The van der Waals surface area contributed by atoms with E-state index in [-0.39, 0.29) is 5.91 Å². The van der Waals surface area contributed by atoms with Gasteiger partial charge in [-0.05, 0) is 73.6 Å². The summed E-state index contributed by atoms with van der Waals surface area (Å²) in [5.74, 6) is 0.243. The van der Waals surface area contributed by atoms with E-state index in [1.54, 1.807) is 18.0 Å². The first kappa shape index (κ1) is 27.4. The molecule has 3 heterocycles. The zero-order chi connectivity index (χ0) is 28.2. The lowest BCUT2D eigenvalue weighted by Crippen LogP contribution is -2.45. The molecule has 1 aliphatic rings. The highest BCUT2D eigenvalue weighted by Crippen LogP contribution is 2.40. The van der Waals surface area contributed by atoms with Crippen LogP contribution in [0.2, 0.25) is 0 Å². The summed E-state index contributed by atoms with van der Waals surface area (Å²) in [6, 6.07) is 12.2. The van der Waals surface area contributed by atoms with Crippen molar-refractivity contribution in [2.75, 3.05) is 29.9 Å². The highest BCUT2D eigenvalue weighted by atomic mass is 16.2. The zero-order valence-corrected chi connectivity index (χ0v) is 23.8. The molecule has 1 unspecified atom stereocenters. The monoisotopic (exact) mass is 537 g/mol. The summed E-state index contributed by atoms with van der Waals surface area (Å²) in [7, 11) is 1.61. The molecule has 40 heavy (non-hydrogen) atoms. The fourth-order valence-electron chi connectivity index (χ4n) is 6.14. The molecule has 7 heteroatoms. The summed E-state index contributed by atoms with van der Waals surface area (Å²) in [5.41, 5.74) is 6.64. The minimum atomic E-state index is -0.598. The van der Waals surface area contributed by atoms with Gasteiger partial charge in [0.1, 0.15) is 6.04 Å². The molecule has 0 radical (unpaired) electrons. The van der Waals surface area contributed by atoms with E-state index in [1.165, 1.54) is 11.3 Å². The number of carbonyl (C=O) groups is 2. The molecular formula is C33H39N5O2. The van der Waals surface area contributed by atoms with Crippen molar-refractivity contribution < 1.29 is 9.59 Å². The molecule has 208 valence electrons. The lowest BCUT2D eigenvalue weighted by Gasteiger charge is -2.34. The number of nitrogens with zero attached hydrogens (tertiary/aromatic N) is 4. The van der Waals surface area contributed by atoms with Gasteiger partial charge >= 0.3 is 0 Å². The Morgan fingerprint density at radius 2 is 2.02 bits per heavy atom. The van der Waals surface area contributed by atoms with Crippen LogP contribution in [0.5, 0.6) is 0 Å². The van der Waals surface area contributed by atoms with Crippen LogP contribution >= 0.6 is 0 Å². The molecule has 7 nitrogen and oxygen atoms in total. The second-order valence-corrected chi connectivity index (χ2v) is 10.7. The average molecular weight is 538 g/mol. The van der Waals surface area contributed by atoms with Crippen LogP contribution in [-0.4, -0.2) is 47.9 Å². The number of carbonyl (C=O) groups excluding carboxylic acids is 2. The second kappa shape index (κ2) is 11.9. The maximum absolute atomic E-state index is 12.8. The Bertz CT molecular complexity index is 1530. The number of rotatable bonds is 10. The Kier molecular flexibility index (Phi) is 8.19. The number of allylic oxidation sites excluding steroid dienone is 1. The molecule has 2 aromatic carbocycles. The van der Waals surface area contributed by atoms with Crippen molar-refractivity contribution in [1.29, 1.82) is 0 Å². The summed E-state index contributed by atoms with van der Waals surface area (Å²) < 4.78 is 2.18. The molecule has 1 aliphatic heterocycles. The van der Waals surface area contributed by atoms with Gasteiger partial charge in [-0.3, -0.25) is 14.6 Å². The third kappa shape index (κ3) is 5.20. The third-order valence-electron chi connectivity index (χ3n) is 8.36. The molecule has 1 atom stereocenters. The standard InChI is InChI=1S/C33H39N5O2/c1-5-7-11-31(33(40)34-4)38(22-39)30-13-12-28(29-10-8-9-23(3)32(29)30)24-14-16-36(17-15-24)27-18-26-19-35-25(6-2)20-37(26)21-27/h5,8-10,12-13,18-22,24,31H,1,6-7,11,14-17H2,2-4H3,(H,34,40). The first-order chi connectivity index (χ1) is 19.5. The molecule has 4 aromatic rings. The van der Waals surface area contributed by atoms with E-state index in [1.807, 2.05) is 12.3 Å². The van der Waals surface area contributed by atoms with Crippen molar-refractivity contribution in [3.63, 3.8) is 0 Å². The number of aryl methyl sites for hydroxylation is 2. The van der Waals surface area contributed by atoms with Crippen LogP contribution < -0.4 is 15.1 Å². The summed E-state index contributed by atoms with van der Waals surface area (Å²) in [5, 5.41) is 4.94. The van der Waals surface area contributed by atoms with E-state index in [4.69, 9.17) is 0 Å². The Morgan fingerprint density at radius 1 is 1.23 bits per heavy atom. The van der Waals surface area contributed by atoms with Crippen LogP contribution in [0.25, 0.3) is 16.3 Å². The Morgan fingerprint density at radius 3 is 2.73 bits per heavy atom. The van der Waals surface area contributed by atoms with Crippen LogP contribution in [0.15, 0.2) is 67.6 Å². The van der Waals surface area contributed by atoms with Gasteiger partial charge < -0.3 is 19.5 Å². The van der Waals surface area contributed by atoms with Crippen LogP contribution in [0.4, 0.5) is 11.4 Å². The first-order valence-electron chi connectivity index (χ1n) is 14.3. The maximum atomic E-state index is 12.8. The largest absolute Gasteiger partial charge is 0.370 e. The number of aromatic nitrogens is 2. The van der Waals surface area contributed by atoms with Crippen molar-refractivity contribution in [3.05, 3.63) is 84.5 Å². The molecule has 1 fully saturated rings. The van der Waals surface area contributed by atoms with E-state index >= 15 is 0 Å². The fourth-order valence-corrected chi connectivity index (χ4v) is 6.14. The summed E-state index contributed by atoms with van der Waals surface area (Å²) in [6.07, 6.45) is 13.0. The predicted molar refractivity (Wildman–Crippen MR) is 163 cm³/mol. The van der Waals surface area contributed by atoms with Crippen molar-refractivity contribution in [2.24, 2.45) is 0 Å². The van der Waals surface area contributed by atoms with Crippen LogP contribution in [0.1, 0.15) is 55.3 Å². The van der Waals surface area contributed by atoms with Crippen LogP contribution in [-0.2, 0) is 16.0 Å². The van der Waals surface area contributed by atoms with Gasteiger partial charge in [-0.15, -0.1) is 6.58 Å². The van der Waals surface area contributed by atoms with Gasteiger partial charge in [0.05, 0.1) is 28.8 Å². The number of hydrogen-bond acceptors (Lipinski definition) is 4. The number of likely N-dealkylation sites (N-methyl/N-ethyl adjacent to an activating group) is 1. The zero-order valence-electron chi connectivity index (χ0n) is 23.8. The Balaban J connectivity index is 1.43. The summed E-state index contributed by atoms with van der Waals surface area (Å²) in [6.45, 7) is 9.96. The molecule has 1 saturated heterocycles. The number of hydrogen-bond donors (Lipinski definition) is 1. The van der Waals surface area contributed by atoms with E-state index in [9.17, 15) is 9.59 Å². The number of piperidine rings is 1. The van der Waals surface area contributed by atoms with Crippen LogP contribution in [0.3, 0.4) is 0 Å². The highest BCUT2D eigenvalue weighted by Gasteiger charge is 2.29. The molecule has 0 saturated carbocycles. The first-order valence-corrected chi connectivity index (χ1v) is 14.3. The van der Waals surface area contributed by atoms with Gasteiger partial charge in [0, 0.05) is 37.9 Å². The Labute approximate surface area is 236 Å². The minimum absolute atomic E-state index is 0.174.